The molecule has 0 radical (unpaired) electrons. The first-order valence-corrected chi connectivity index (χ1v) is 5.43. The molecule has 0 saturated carbocycles. The molecule has 0 amide bonds. The van der Waals surface area contributed by atoms with E-state index in [1.54, 1.807) is 6.92 Å². The maximum atomic E-state index is 11.8. The zero-order valence-electron chi connectivity index (χ0n) is 10.2. The van der Waals surface area contributed by atoms with Crippen molar-refractivity contribution < 1.29 is 22.6 Å². The van der Waals surface area contributed by atoms with E-state index >= 15 is 0 Å². The zero-order valence-corrected chi connectivity index (χ0v) is 10.2. The van der Waals surface area contributed by atoms with Crippen LogP contribution in [-0.2, 0) is 4.74 Å². The Morgan fingerprint density at radius 2 is 2.00 bits per heavy atom. The highest BCUT2D eigenvalue weighted by Crippen LogP contribution is 2.14. The third-order valence-corrected chi connectivity index (χ3v) is 1.70. The summed E-state index contributed by atoms with van der Waals surface area (Å²) in [6.45, 7) is 0.772. The molecule has 0 spiro atoms. The summed E-state index contributed by atoms with van der Waals surface area (Å²) >= 11 is 0. The van der Waals surface area contributed by atoms with E-state index in [1.807, 2.05) is 0 Å². The number of alkyl halides is 3. The molecule has 1 heterocycles. The van der Waals surface area contributed by atoms with Gasteiger partial charge in [0.05, 0.1) is 13.2 Å². The van der Waals surface area contributed by atoms with Gasteiger partial charge in [-0.15, -0.1) is 0 Å². The van der Waals surface area contributed by atoms with Crippen LogP contribution in [0, 0.1) is 0 Å². The summed E-state index contributed by atoms with van der Waals surface area (Å²) in [6.07, 6.45) is -4.33. The van der Waals surface area contributed by atoms with Gasteiger partial charge in [0.2, 0.25) is 11.9 Å². The second-order valence-corrected chi connectivity index (χ2v) is 3.33. The Morgan fingerprint density at radius 3 is 2.63 bits per heavy atom. The number of hydrogen-bond acceptors (Lipinski definition) is 7. The number of nitrogens with two attached hydrogens (primary N) is 1. The molecule has 3 N–H and O–H groups in total. The predicted octanol–water partition coefficient (Wildman–Crippen LogP) is 0.843. The van der Waals surface area contributed by atoms with Crippen LogP contribution in [0.4, 0.5) is 25.1 Å². The fraction of sp³-hybridized carbons (Fsp3) is 0.667. The molecule has 1 rings (SSSR count). The van der Waals surface area contributed by atoms with Gasteiger partial charge >= 0.3 is 12.2 Å². The average Bonchev–Trinajstić information content (AvgIpc) is 2.26. The van der Waals surface area contributed by atoms with Crippen LogP contribution in [0.25, 0.3) is 0 Å². The van der Waals surface area contributed by atoms with E-state index in [-0.39, 0.29) is 31.1 Å². The average molecular weight is 281 g/mol. The minimum Gasteiger partial charge on any atom is -0.464 e. The van der Waals surface area contributed by atoms with Gasteiger partial charge in [-0.25, -0.2) is 0 Å². The minimum absolute atomic E-state index is 0.0443. The smallest absolute Gasteiger partial charge is 0.411 e. The Balaban J connectivity index is 2.36. The number of nitrogens with one attached hydrogen (secondary N) is 1. The monoisotopic (exact) mass is 281 g/mol. The Kier molecular flexibility index (Phi) is 5.55. The first kappa shape index (κ1) is 15.2. The lowest BCUT2D eigenvalue weighted by Gasteiger charge is -2.09. The van der Waals surface area contributed by atoms with E-state index in [0.29, 0.717) is 6.61 Å². The van der Waals surface area contributed by atoms with Gasteiger partial charge in [0.15, 0.2) is 0 Å². The van der Waals surface area contributed by atoms with Crippen molar-refractivity contribution in [2.45, 2.75) is 13.1 Å². The minimum atomic E-state index is -4.33. The quantitative estimate of drug-likeness (QED) is 0.715. The third kappa shape index (κ3) is 6.60. The lowest BCUT2D eigenvalue weighted by atomic mass is 10.6. The van der Waals surface area contributed by atoms with Crippen molar-refractivity contribution in [1.82, 2.24) is 15.0 Å². The summed E-state index contributed by atoms with van der Waals surface area (Å²) < 4.78 is 44.8. The molecule has 0 aliphatic carbocycles. The molecule has 1 aromatic heterocycles. The summed E-state index contributed by atoms with van der Waals surface area (Å²) in [4.78, 5) is 11.3. The van der Waals surface area contributed by atoms with E-state index in [1.165, 1.54) is 0 Å². The van der Waals surface area contributed by atoms with Gasteiger partial charge in [-0.2, -0.15) is 28.1 Å². The Morgan fingerprint density at radius 1 is 1.26 bits per heavy atom. The SMILES string of the molecule is CCOc1nc(N)nc(NCCOCC(F)(F)F)n1. The van der Waals surface area contributed by atoms with Crippen molar-refractivity contribution in [3.8, 4) is 6.01 Å². The number of rotatable bonds is 7. The molecule has 0 aliphatic heterocycles. The van der Waals surface area contributed by atoms with E-state index < -0.39 is 12.8 Å². The van der Waals surface area contributed by atoms with Gasteiger partial charge in [-0.05, 0) is 6.92 Å². The van der Waals surface area contributed by atoms with Gasteiger partial charge in [-0.3, -0.25) is 0 Å². The number of ether oxygens (including phenoxy) is 2. The summed E-state index contributed by atoms with van der Waals surface area (Å²) in [5.41, 5.74) is 5.41. The van der Waals surface area contributed by atoms with Gasteiger partial charge in [-0.1, -0.05) is 0 Å². The van der Waals surface area contributed by atoms with Crippen LogP contribution in [-0.4, -0.2) is 47.5 Å². The molecular weight excluding hydrogens is 267 g/mol. The molecule has 0 fully saturated rings. The third-order valence-electron chi connectivity index (χ3n) is 1.70. The van der Waals surface area contributed by atoms with Crippen LogP contribution in [0.5, 0.6) is 6.01 Å². The van der Waals surface area contributed by atoms with Crippen molar-refractivity contribution in [3.63, 3.8) is 0 Å². The van der Waals surface area contributed by atoms with Crippen LogP contribution < -0.4 is 15.8 Å². The molecule has 1 aromatic rings. The molecule has 0 aromatic carbocycles. The molecule has 7 nitrogen and oxygen atoms in total. The van der Waals surface area contributed by atoms with Gasteiger partial charge in [0.25, 0.3) is 0 Å². The molecule has 0 atom stereocenters. The topological polar surface area (TPSA) is 95.2 Å². The molecule has 0 saturated heterocycles. The number of anilines is 2. The van der Waals surface area contributed by atoms with Crippen LogP contribution in [0.15, 0.2) is 0 Å². The van der Waals surface area contributed by atoms with E-state index in [4.69, 9.17) is 10.5 Å². The molecule has 0 aliphatic rings. The molecule has 10 heteroatoms. The van der Waals surface area contributed by atoms with Crippen LogP contribution in [0.3, 0.4) is 0 Å². The molecule has 0 unspecified atom stereocenters. The fourth-order valence-electron chi connectivity index (χ4n) is 1.07. The van der Waals surface area contributed by atoms with E-state index in [2.05, 4.69) is 25.0 Å². The zero-order chi connectivity index (χ0) is 14.3. The first-order chi connectivity index (χ1) is 8.90. The van der Waals surface area contributed by atoms with Gasteiger partial charge in [0.1, 0.15) is 6.61 Å². The van der Waals surface area contributed by atoms with Crippen LogP contribution in [0.1, 0.15) is 6.92 Å². The van der Waals surface area contributed by atoms with Crippen LogP contribution in [0.2, 0.25) is 0 Å². The van der Waals surface area contributed by atoms with Gasteiger partial charge in [0, 0.05) is 6.54 Å². The fourth-order valence-corrected chi connectivity index (χ4v) is 1.07. The highest BCUT2D eigenvalue weighted by molar-refractivity contribution is 5.32. The second-order valence-electron chi connectivity index (χ2n) is 3.33. The molecule has 19 heavy (non-hydrogen) atoms. The molecule has 0 bridgehead atoms. The second kappa shape index (κ2) is 6.92. The number of halogens is 3. The predicted molar refractivity (Wildman–Crippen MR) is 60.8 cm³/mol. The van der Waals surface area contributed by atoms with Crippen LogP contribution >= 0.6 is 0 Å². The molecule has 108 valence electrons. The number of aromatic nitrogens is 3. The number of nitrogens with zero attached hydrogens (tertiary/aromatic N) is 3. The molecular formula is C9H14F3N5O2. The normalized spacial score (nSPS) is 11.4. The summed E-state index contributed by atoms with van der Waals surface area (Å²) in [7, 11) is 0. The summed E-state index contributed by atoms with van der Waals surface area (Å²) in [6, 6.07) is 0.0497. The standard InChI is InChI=1S/C9H14F3N5O2/c1-2-19-8-16-6(13)15-7(17-8)14-3-4-18-5-9(10,11)12/h2-5H2,1H3,(H3,13,14,15,16,17). The lowest BCUT2D eigenvalue weighted by Crippen LogP contribution is -2.20. The van der Waals surface area contributed by atoms with Crippen molar-refractivity contribution in [3.05, 3.63) is 0 Å². The van der Waals surface area contributed by atoms with E-state index in [0.717, 1.165) is 0 Å². The number of nitrogen functional groups attached to an aromatic ring is 1. The van der Waals surface area contributed by atoms with Gasteiger partial charge < -0.3 is 20.5 Å². The number of hydrogen-bond donors (Lipinski definition) is 2. The maximum Gasteiger partial charge on any atom is 0.411 e. The van der Waals surface area contributed by atoms with Crippen molar-refractivity contribution in [1.29, 1.82) is 0 Å². The lowest BCUT2D eigenvalue weighted by molar-refractivity contribution is -0.172. The summed E-state index contributed by atoms with van der Waals surface area (Å²) in [5, 5.41) is 2.66. The van der Waals surface area contributed by atoms with Crippen molar-refractivity contribution in [2.24, 2.45) is 0 Å². The Bertz CT molecular complexity index is 402. The van der Waals surface area contributed by atoms with Crippen molar-refractivity contribution >= 4 is 11.9 Å². The first-order valence-electron chi connectivity index (χ1n) is 5.43. The van der Waals surface area contributed by atoms with E-state index in [9.17, 15) is 13.2 Å². The highest BCUT2D eigenvalue weighted by Gasteiger charge is 2.27. The largest absolute Gasteiger partial charge is 0.464 e. The van der Waals surface area contributed by atoms with Crippen molar-refractivity contribution in [2.75, 3.05) is 37.4 Å². The Labute approximate surface area is 107 Å². The maximum absolute atomic E-state index is 11.8. The Hall–Kier alpha value is -1.84. The highest BCUT2D eigenvalue weighted by atomic mass is 19.4. The summed E-state index contributed by atoms with van der Waals surface area (Å²) in [5.74, 6) is 0.0729.